The Morgan fingerprint density at radius 3 is 2.90 bits per heavy atom. The van der Waals surface area contributed by atoms with E-state index in [2.05, 4.69) is 31.2 Å². The van der Waals surface area contributed by atoms with E-state index < -0.39 is 12.4 Å². The lowest BCUT2D eigenvalue weighted by atomic mass is 9.91. The molecular formula is C15H25N3O3. The lowest BCUT2D eigenvalue weighted by Gasteiger charge is -2.39. The Bertz CT molecular complexity index is 457. The molecule has 21 heavy (non-hydrogen) atoms. The molecule has 2 fully saturated rings. The number of aliphatic hydroxyl groups is 1. The maximum atomic E-state index is 10.7. The number of aliphatic hydroxyl groups excluding tert-OH is 1. The summed E-state index contributed by atoms with van der Waals surface area (Å²) in [5, 5.41) is 18.4. The van der Waals surface area contributed by atoms with Crippen molar-refractivity contribution in [3.8, 4) is 0 Å². The molecule has 118 valence electrons. The zero-order valence-corrected chi connectivity index (χ0v) is 12.9. The molecule has 2 aliphatic heterocycles. The Morgan fingerprint density at radius 2 is 2.24 bits per heavy atom. The first-order chi connectivity index (χ1) is 9.96. The van der Waals surface area contributed by atoms with E-state index in [0.717, 1.165) is 13.0 Å². The van der Waals surface area contributed by atoms with E-state index in [9.17, 15) is 5.11 Å². The highest BCUT2D eigenvalue weighted by Gasteiger charge is 2.50. The predicted molar refractivity (Wildman–Crippen MR) is 77.7 cm³/mol. The average molecular weight is 295 g/mol. The molecule has 3 heterocycles. The third-order valence-electron chi connectivity index (χ3n) is 4.22. The highest BCUT2D eigenvalue weighted by atomic mass is 16.7. The maximum absolute atomic E-state index is 10.7. The average Bonchev–Trinajstić information content (AvgIpc) is 3.03. The standard InChI is InChI=1S/C15H25N3O3/c1-15(2,3)5-7-16-11-10-9-20-14(21-10)12(13(11)19)18-8-4-6-17-18/h4,6,8,10-14,16,19H,5,7,9H2,1-3H3/t10-,11-,12-,13+,14-/m1/s1. The largest absolute Gasteiger partial charge is 0.389 e. The van der Waals surface area contributed by atoms with E-state index in [4.69, 9.17) is 9.47 Å². The Labute approximate surface area is 125 Å². The van der Waals surface area contributed by atoms with Crippen LogP contribution in [0.1, 0.15) is 33.2 Å². The highest BCUT2D eigenvalue weighted by molar-refractivity contribution is 5.00. The highest BCUT2D eigenvalue weighted by Crippen LogP contribution is 2.35. The minimum absolute atomic E-state index is 0.0863. The summed E-state index contributed by atoms with van der Waals surface area (Å²) < 4.78 is 13.3. The SMILES string of the molecule is CC(C)(C)CCN[C@H]1[C@H](O)[C@@H](n2cccn2)[C@@H]2OC[C@H]1O2. The number of hydrogen-bond donors (Lipinski definition) is 2. The fourth-order valence-electron chi connectivity index (χ4n) is 3.01. The molecule has 1 aromatic rings. The van der Waals surface area contributed by atoms with Gasteiger partial charge in [0.05, 0.1) is 18.8 Å². The lowest BCUT2D eigenvalue weighted by Crippen LogP contribution is -2.58. The minimum Gasteiger partial charge on any atom is -0.389 e. The molecule has 0 aliphatic carbocycles. The Hall–Kier alpha value is -0.950. The molecule has 3 rings (SSSR count). The van der Waals surface area contributed by atoms with Crippen LogP contribution in [0.5, 0.6) is 0 Å². The second kappa shape index (κ2) is 5.68. The van der Waals surface area contributed by atoms with Gasteiger partial charge in [-0.15, -0.1) is 0 Å². The molecule has 0 saturated carbocycles. The van der Waals surface area contributed by atoms with Gasteiger partial charge in [0.2, 0.25) is 0 Å². The van der Waals surface area contributed by atoms with Gasteiger partial charge in [0.25, 0.3) is 0 Å². The summed E-state index contributed by atoms with van der Waals surface area (Å²) in [6, 6.07) is 1.42. The first-order valence-corrected chi connectivity index (χ1v) is 7.63. The van der Waals surface area contributed by atoms with Crippen LogP contribution in [0.15, 0.2) is 18.5 Å². The van der Waals surface area contributed by atoms with Crippen LogP contribution in [0.4, 0.5) is 0 Å². The van der Waals surface area contributed by atoms with Crippen molar-refractivity contribution in [3.05, 3.63) is 18.5 Å². The predicted octanol–water partition coefficient (Wildman–Crippen LogP) is 0.935. The van der Waals surface area contributed by atoms with E-state index >= 15 is 0 Å². The van der Waals surface area contributed by atoms with Crippen molar-refractivity contribution in [3.63, 3.8) is 0 Å². The summed E-state index contributed by atoms with van der Waals surface area (Å²) in [7, 11) is 0. The molecule has 2 bridgehead atoms. The third-order valence-corrected chi connectivity index (χ3v) is 4.22. The van der Waals surface area contributed by atoms with Gasteiger partial charge < -0.3 is 19.9 Å². The van der Waals surface area contributed by atoms with Gasteiger partial charge in [0.1, 0.15) is 12.1 Å². The molecule has 0 aromatic carbocycles. The van der Waals surface area contributed by atoms with E-state index in [0.29, 0.717) is 6.61 Å². The van der Waals surface area contributed by atoms with Crippen LogP contribution in [0.3, 0.4) is 0 Å². The number of rotatable bonds is 4. The van der Waals surface area contributed by atoms with E-state index in [-0.39, 0.29) is 23.6 Å². The second-order valence-electron chi connectivity index (χ2n) is 7.13. The van der Waals surface area contributed by atoms with Crippen LogP contribution in [-0.2, 0) is 9.47 Å². The van der Waals surface area contributed by atoms with Crippen molar-refractivity contribution < 1.29 is 14.6 Å². The van der Waals surface area contributed by atoms with E-state index in [1.807, 2.05) is 12.3 Å². The summed E-state index contributed by atoms with van der Waals surface area (Å²) in [5.74, 6) is 0. The van der Waals surface area contributed by atoms with Crippen LogP contribution in [0.2, 0.25) is 0 Å². The van der Waals surface area contributed by atoms with E-state index in [1.165, 1.54) is 0 Å². The van der Waals surface area contributed by atoms with Crippen molar-refractivity contribution in [2.24, 2.45) is 5.41 Å². The number of fused-ring (bicyclic) bond motifs is 2. The molecule has 1 aromatic heterocycles. The molecule has 2 saturated heterocycles. The molecule has 6 heteroatoms. The summed E-state index contributed by atoms with van der Waals surface area (Å²) in [6.07, 6.45) is 3.51. The summed E-state index contributed by atoms with van der Waals surface area (Å²) in [5.41, 5.74) is 0.267. The molecule has 0 unspecified atom stereocenters. The Kier molecular flexibility index (Phi) is 4.05. The minimum atomic E-state index is -0.573. The third kappa shape index (κ3) is 3.13. The maximum Gasteiger partial charge on any atom is 0.183 e. The van der Waals surface area contributed by atoms with Crippen LogP contribution in [0.25, 0.3) is 0 Å². The molecule has 2 aliphatic rings. The fraction of sp³-hybridized carbons (Fsp3) is 0.800. The Morgan fingerprint density at radius 1 is 1.43 bits per heavy atom. The van der Waals surface area contributed by atoms with Gasteiger partial charge in [-0.2, -0.15) is 5.10 Å². The molecule has 0 spiro atoms. The van der Waals surface area contributed by atoms with Gasteiger partial charge in [-0.1, -0.05) is 20.8 Å². The monoisotopic (exact) mass is 295 g/mol. The van der Waals surface area contributed by atoms with Crippen molar-refractivity contribution in [1.29, 1.82) is 0 Å². The van der Waals surface area contributed by atoms with Gasteiger partial charge in [-0.25, -0.2) is 0 Å². The molecule has 5 atom stereocenters. The van der Waals surface area contributed by atoms with Gasteiger partial charge in [0.15, 0.2) is 6.29 Å². The zero-order valence-electron chi connectivity index (χ0n) is 12.9. The number of nitrogens with one attached hydrogen (secondary N) is 1. The molecule has 6 nitrogen and oxygen atoms in total. The fourth-order valence-corrected chi connectivity index (χ4v) is 3.01. The van der Waals surface area contributed by atoms with Gasteiger partial charge in [0, 0.05) is 12.4 Å². The Balaban J connectivity index is 1.69. The first-order valence-electron chi connectivity index (χ1n) is 7.63. The number of nitrogens with zero attached hydrogens (tertiary/aromatic N) is 2. The number of hydrogen-bond acceptors (Lipinski definition) is 5. The molecular weight excluding hydrogens is 270 g/mol. The molecule has 0 amide bonds. The summed E-state index contributed by atoms with van der Waals surface area (Å²) in [6.45, 7) is 8.01. The van der Waals surface area contributed by atoms with Crippen LogP contribution >= 0.6 is 0 Å². The number of aromatic nitrogens is 2. The van der Waals surface area contributed by atoms with Crippen molar-refractivity contribution in [1.82, 2.24) is 15.1 Å². The van der Waals surface area contributed by atoms with Gasteiger partial charge >= 0.3 is 0 Å². The first kappa shape index (κ1) is 15.0. The lowest BCUT2D eigenvalue weighted by molar-refractivity contribution is -0.168. The molecule has 2 N–H and O–H groups in total. The zero-order chi connectivity index (χ0) is 15.0. The van der Waals surface area contributed by atoms with Crippen molar-refractivity contribution in [2.45, 2.75) is 57.8 Å². The van der Waals surface area contributed by atoms with Gasteiger partial charge in [-0.3, -0.25) is 4.68 Å². The van der Waals surface area contributed by atoms with Crippen LogP contribution in [-0.4, -0.2) is 52.6 Å². The normalized spacial score (nSPS) is 36.1. The summed E-state index contributed by atoms with van der Waals surface area (Å²) in [4.78, 5) is 0. The van der Waals surface area contributed by atoms with Crippen LogP contribution < -0.4 is 5.32 Å². The smallest absolute Gasteiger partial charge is 0.183 e. The van der Waals surface area contributed by atoms with Crippen molar-refractivity contribution in [2.75, 3.05) is 13.2 Å². The summed E-state index contributed by atoms with van der Waals surface area (Å²) >= 11 is 0. The van der Waals surface area contributed by atoms with Gasteiger partial charge in [-0.05, 0) is 24.4 Å². The van der Waals surface area contributed by atoms with E-state index in [1.54, 1.807) is 10.9 Å². The van der Waals surface area contributed by atoms with Crippen LogP contribution in [0, 0.1) is 5.41 Å². The second-order valence-corrected chi connectivity index (χ2v) is 7.13. The molecule has 0 radical (unpaired) electrons. The topological polar surface area (TPSA) is 68.5 Å². The van der Waals surface area contributed by atoms with Crippen molar-refractivity contribution >= 4 is 0 Å². The quantitative estimate of drug-likeness (QED) is 0.865. The number of ether oxygens (including phenoxy) is 2.